The summed E-state index contributed by atoms with van der Waals surface area (Å²) in [4.78, 5) is 28.3. The summed E-state index contributed by atoms with van der Waals surface area (Å²) in [6, 6.07) is 17.1. The van der Waals surface area contributed by atoms with Gasteiger partial charge in [0, 0.05) is 34.8 Å². The largest absolute Gasteiger partial charge is 0.493 e. The Kier molecular flexibility index (Phi) is 6.96. The van der Waals surface area contributed by atoms with Crippen molar-refractivity contribution in [1.82, 2.24) is 10.3 Å². The van der Waals surface area contributed by atoms with E-state index in [1.165, 1.54) is 26.5 Å². The Balaban J connectivity index is 1.40. The Morgan fingerprint density at radius 1 is 0.944 bits per heavy atom. The standard InChI is InChI=1S/C28H28FN3O4/c1-28(2,16-31-27(34)21-15-30-25-20(21)6-5-7-22(25)29)18-9-11-19(12-10-18)32-26(33)17-8-13-23(35-3)24(14-17)36-4/h5-15,30H,16H2,1-4H3,(H,31,34)(H,32,33). The average Bonchev–Trinajstić information content (AvgIpc) is 3.33. The molecule has 0 atom stereocenters. The Bertz CT molecular complexity index is 1410. The topological polar surface area (TPSA) is 92.5 Å². The van der Waals surface area contributed by atoms with E-state index in [4.69, 9.17) is 9.47 Å². The van der Waals surface area contributed by atoms with Crippen LogP contribution in [-0.2, 0) is 5.41 Å². The molecule has 7 nitrogen and oxygen atoms in total. The Hall–Kier alpha value is -4.33. The lowest BCUT2D eigenvalue weighted by Crippen LogP contribution is -2.36. The van der Waals surface area contributed by atoms with Crippen molar-refractivity contribution < 1.29 is 23.5 Å². The molecule has 0 unspecified atom stereocenters. The highest BCUT2D eigenvalue weighted by atomic mass is 19.1. The van der Waals surface area contributed by atoms with Crippen LogP contribution in [0, 0.1) is 5.82 Å². The van der Waals surface area contributed by atoms with Gasteiger partial charge in [-0.3, -0.25) is 9.59 Å². The van der Waals surface area contributed by atoms with Crippen LogP contribution in [0.5, 0.6) is 11.5 Å². The maximum absolute atomic E-state index is 13.9. The number of aromatic nitrogens is 1. The second-order valence-electron chi connectivity index (χ2n) is 9.03. The smallest absolute Gasteiger partial charge is 0.255 e. The van der Waals surface area contributed by atoms with Crippen LogP contribution in [-0.4, -0.2) is 37.6 Å². The van der Waals surface area contributed by atoms with Crippen molar-refractivity contribution in [1.29, 1.82) is 0 Å². The number of aromatic amines is 1. The summed E-state index contributed by atoms with van der Waals surface area (Å²) in [5.74, 6) is 0.0703. The first-order valence-electron chi connectivity index (χ1n) is 11.4. The summed E-state index contributed by atoms with van der Waals surface area (Å²) in [5, 5.41) is 6.37. The zero-order valence-corrected chi connectivity index (χ0v) is 20.6. The molecule has 0 radical (unpaired) electrons. The number of halogens is 1. The number of para-hydroxylation sites is 1. The second-order valence-corrected chi connectivity index (χ2v) is 9.03. The highest BCUT2D eigenvalue weighted by molar-refractivity contribution is 6.07. The molecule has 0 spiro atoms. The minimum atomic E-state index is -0.398. The van der Waals surface area contributed by atoms with Gasteiger partial charge in [0.25, 0.3) is 11.8 Å². The molecule has 1 aromatic heterocycles. The fourth-order valence-corrected chi connectivity index (χ4v) is 3.99. The maximum atomic E-state index is 13.9. The minimum absolute atomic E-state index is 0.273. The molecule has 0 saturated carbocycles. The number of carbonyl (C=O) groups is 2. The zero-order valence-electron chi connectivity index (χ0n) is 20.6. The molecular formula is C28H28FN3O4. The molecule has 4 rings (SSSR count). The van der Waals surface area contributed by atoms with Crippen molar-refractivity contribution in [2.24, 2.45) is 0 Å². The fourth-order valence-electron chi connectivity index (χ4n) is 3.99. The summed E-state index contributed by atoms with van der Waals surface area (Å²) in [5.41, 5.74) is 2.38. The predicted octanol–water partition coefficient (Wildman–Crippen LogP) is 5.28. The Morgan fingerprint density at radius 3 is 2.36 bits per heavy atom. The van der Waals surface area contributed by atoms with Crippen molar-refractivity contribution in [2.45, 2.75) is 19.3 Å². The third kappa shape index (κ3) is 5.02. The molecule has 4 aromatic rings. The van der Waals surface area contributed by atoms with Crippen LogP contribution in [0.15, 0.2) is 66.9 Å². The predicted molar refractivity (Wildman–Crippen MR) is 138 cm³/mol. The van der Waals surface area contributed by atoms with E-state index in [1.807, 2.05) is 38.1 Å². The number of anilines is 1. The number of carbonyl (C=O) groups excluding carboxylic acids is 2. The van der Waals surface area contributed by atoms with Gasteiger partial charge >= 0.3 is 0 Å². The first kappa shape index (κ1) is 24.8. The lowest BCUT2D eigenvalue weighted by molar-refractivity contribution is 0.0946. The summed E-state index contributed by atoms with van der Waals surface area (Å²) in [6.45, 7) is 4.39. The van der Waals surface area contributed by atoms with Gasteiger partial charge in [0.05, 0.1) is 25.3 Å². The van der Waals surface area contributed by atoms with Gasteiger partial charge in [-0.2, -0.15) is 0 Å². The number of amides is 2. The van der Waals surface area contributed by atoms with Crippen molar-refractivity contribution in [3.63, 3.8) is 0 Å². The van der Waals surface area contributed by atoms with E-state index in [0.29, 0.717) is 45.8 Å². The lowest BCUT2D eigenvalue weighted by Gasteiger charge is -2.26. The third-order valence-electron chi connectivity index (χ3n) is 6.17. The monoisotopic (exact) mass is 489 g/mol. The second kappa shape index (κ2) is 10.1. The van der Waals surface area contributed by atoms with E-state index in [-0.39, 0.29) is 17.2 Å². The van der Waals surface area contributed by atoms with Crippen LogP contribution in [0.2, 0.25) is 0 Å². The van der Waals surface area contributed by atoms with Crippen molar-refractivity contribution >= 4 is 28.4 Å². The summed E-state index contributed by atoms with van der Waals surface area (Å²) in [7, 11) is 3.05. The number of hydrogen-bond donors (Lipinski definition) is 3. The fraction of sp³-hybridized carbons (Fsp3) is 0.214. The quantitative estimate of drug-likeness (QED) is 0.314. The molecule has 0 saturated heterocycles. The number of methoxy groups -OCH3 is 2. The molecular weight excluding hydrogens is 461 g/mol. The van der Waals surface area contributed by atoms with E-state index in [1.54, 1.807) is 30.3 Å². The lowest BCUT2D eigenvalue weighted by atomic mass is 9.84. The average molecular weight is 490 g/mol. The van der Waals surface area contributed by atoms with Crippen LogP contribution in [0.4, 0.5) is 10.1 Å². The summed E-state index contributed by atoms with van der Waals surface area (Å²) in [6.07, 6.45) is 1.52. The van der Waals surface area contributed by atoms with Gasteiger partial charge < -0.3 is 25.1 Å². The number of rotatable bonds is 8. The molecule has 0 bridgehead atoms. The minimum Gasteiger partial charge on any atom is -0.493 e. The molecule has 0 aliphatic rings. The Labute approximate surface area is 208 Å². The number of hydrogen-bond acceptors (Lipinski definition) is 4. The molecule has 36 heavy (non-hydrogen) atoms. The van der Waals surface area contributed by atoms with Crippen LogP contribution < -0.4 is 20.1 Å². The van der Waals surface area contributed by atoms with Crippen LogP contribution in [0.3, 0.4) is 0 Å². The number of benzene rings is 3. The number of ether oxygens (including phenoxy) is 2. The Morgan fingerprint density at radius 2 is 1.67 bits per heavy atom. The van der Waals surface area contributed by atoms with E-state index >= 15 is 0 Å². The van der Waals surface area contributed by atoms with Crippen LogP contribution in [0.25, 0.3) is 10.9 Å². The van der Waals surface area contributed by atoms with Gasteiger partial charge in [-0.15, -0.1) is 0 Å². The van der Waals surface area contributed by atoms with E-state index in [2.05, 4.69) is 15.6 Å². The van der Waals surface area contributed by atoms with Crippen LogP contribution in [0.1, 0.15) is 40.1 Å². The molecule has 0 aliphatic heterocycles. The van der Waals surface area contributed by atoms with E-state index in [9.17, 15) is 14.0 Å². The van der Waals surface area contributed by atoms with Gasteiger partial charge in [0.15, 0.2) is 11.5 Å². The van der Waals surface area contributed by atoms with E-state index < -0.39 is 5.82 Å². The molecule has 0 fully saturated rings. The first-order valence-corrected chi connectivity index (χ1v) is 11.4. The SMILES string of the molecule is COc1ccc(C(=O)Nc2ccc(C(C)(C)CNC(=O)c3c[nH]c4c(F)cccc34)cc2)cc1OC. The molecule has 1 heterocycles. The molecule has 2 amide bonds. The first-order chi connectivity index (χ1) is 17.2. The van der Waals surface area contributed by atoms with Gasteiger partial charge in [0.2, 0.25) is 0 Å². The molecule has 3 aromatic carbocycles. The number of fused-ring (bicyclic) bond motifs is 1. The summed E-state index contributed by atoms with van der Waals surface area (Å²) < 4.78 is 24.4. The zero-order chi connectivity index (χ0) is 25.9. The van der Waals surface area contributed by atoms with Gasteiger partial charge in [-0.25, -0.2) is 4.39 Å². The van der Waals surface area contributed by atoms with Crippen LogP contribution >= 0.6 is 0 Å². The third-order valence-corrected chi connectivity index (χ3v) is 6.17. The van der Waals surface area contributed by atoms with Gasteiger partial charge in [-0.05, 0) is 42.0 Å². The highest BCUT2D eigenvalue weighted by Gasteiger charge is 2.23. The van der Waals surface area contributed by atoms with Crippen molar-refractivity contribution in [2.75, 3.05) is 26.1 Å². The van der Waals surface area contributed by atoms with Crippen molar-refractivity contribution in [3.05, 3.63) is 89.4 Å². The highest BCUT2D eigenvalue weighted by Crippen LogP contribution is 2.29. The van der Waals surface area contributed by atoms with E-state index in [0.717, 1.165) is 5.56 Å². The number of H-pyrrole nitrogens is 1. The van der Waals surface area contributed by atoms with Crippen molar-refractivity contribution in [3.8, 4) is 11.5 Å². The van der Waals surface area contributed by atoms with Gasteiger partial charge in [0.1, 0.15) is 5.82 Å². The number of nitrogens with one attached hydrogen (secondary N) is 3. The molecule has 0 aliphatic carbocycles. The van der Waals surface area contributed by atoms with Gasteiger partial charge in [-0.1, -0.05) is 38.1 Å². The maximum Gasteiger partial charge on any atom is 0.255 e. The normalized spacial score (nSPS) is 11.2. The molecule has 8 heteroatoms. The molecule has 3 N–H and O–H groups in total. The molecule has 186 valence electrons. The summed E-state index contributed by atoms with van der Waals surface area (Å²) >= 11 is 0.